The van der Waals surface area contributed by atoms with Crippen LogP contribution in [0.4, 0.5) is 5.69 Å². The van der Waals surface area contributed by atoms with Crippen molar-refractivity contribution in [3.63, 3.8) is 0 Å². The van der Waals surface area contributed by atoms with Gasteiger partial charge in [-0.3, -0.25) is 24.1 Å². The fourth-order valence-corrected chi connectivity index (χ4v) is 3.52. The Morgan fingerprint density at radius 3 is 2.33 bits per heavy atom. The third-order valence-electron chi connectivity index (χ3n) is 4.85. The van der Waals surface area contributed by atoms with E-state index < -0.39 is 11.8 Å². The van der Waals surface area contributed by atoms with Gasteiger partial charge >= 0.3 is 0 Å². The van der Waals surface area contributed by atoms with E-state index in [2.05, 4.69) is 5.32 Å². The summed E-state index contributed by atoms with van der Waals surface area (Å²) < 4.78 is 0. The minimum absolute atomic E-state index is 0.214. The van der Waals surface area contributed by atoms with Crippen LogP contribution in [-0.2, 0) is 19.2 Å². The number of nitrogens with zero attached hydrogens (tertiary/aromatic N) is 2. The molecule has 0 spiro atoms. The number of carbonyl (C=O) groups is 4. The van der Waals surface area contributed by atoms with E-state index in [-0.39, 0.29) is 36.7 Å². The normalized spacial score (nSPS) is 21.2. The number of nitrogens with one attached hydrogen (secondary N) is 1. The first-order valence-electron chi connectivity index (χ1n) is 8.67. The number of imide groups is 1. The molecule has 1 aromatic rings. The summed E-state index contributed by atoms with van der Waals surface area (Å²) in [5, 5.41) is 3.02. The van der Waals surface area contributed by atoms with E-state index in [4.69, 9.17) is 11.6 Å². The molecule has 0 bridgehead atoms. The van der Waals surface area contributed by atoms with Gasteiger partial charge in [0, 0.05) is 7.05 Å². The van der Waals surface area contributed by atoms with Crippen molar-refractivity contribution in [1.82, 2.24) is 9.80 Å². The van der Waals surface area contributed by atoms with Gasteiger partial charge in [-0.05, 0) is 25.0 Å². The van der Waals surface area contributed by atoms with Crippen molar-refractivity contribution < 1.29 is 19.2 Å². The summed E-state index contributed by atoms with van der Waals surface area (Å²) in [4.78, 5) is 51.6. The molecule has 2 aliphatic rings. The number of fused-ring (bicyclic) bond motifs is 1. The highest BCUT2D eigenvalue weighted by Gasteiger charge is 2.47. The van der Waals surface area contributed by atoms with Crippen LogP contribution in [0, 0.1) is 11.8 Å². The zero-order valence-corrected chi connectivity index (χ0v) is 15.6. The lowest BCUT2D eigenvalue weighted by Crippen LogP contribution is -2.44. The van der Waals surface area contributed by atoms with E-state index in [1.165, 1.54) is 11.9 Å². The van der Waals surface area contributed by atoms with Gasteiger partial charge in [-0.2, -0.15) is 0 Å². The molecule has 0 radical (unpaired) electrons. The quantitative estimate of drug-likeness (QED) is 0.613. The highest BCUT2D eigenvalue weighted by atomic mass is 35.5. The second-order valence-corrected chi connectivity index (χ2v) is 7.10. The van der Waals surface area contributed by atoms with Crippen molar-refractivity contribution >= 4 is 40.9 Å². The molecule has 0 saturated carbocycles. The summed E-state index contributed by atoms with van der Waals surface area (Å²) in [6.07, 6.45) is 4.83. The standard InChI is InChI=1S/C19H20ClN3O4/c1-22(10-16(24)21-15-9-5-4-8-14(15)20)17(25)11-23-18(26)12-6-2-3-7-13(12)19(23)27/h2-5,8-9,12-13H,6-7,10-11H2,1H3,(H,21,24)/t12-,13+. The Hall–Kier alpha value is -2.67. The molecule has 0 unspecified atom stereocenters. The molecule has 2 atom stereocenters. The lowest BCUT2D eigenvalue weighted by Gasteiger charge is -2.20. The van der Waals surface area contributed by atoms with Gasteiger partial charge in [-0.1, -0.05) is 35.9 Å². The number of likely N-dealkylation sites (tertiary alicyclic amines) is 1. The van der Waals surface area contributed by atoms with E-state index in [1.54, 1.807) is 24.3 Å². The number of hydrogen-bond acceptors (Lipinski definition) is 4. The molecular formula is C19H20ClN3O4. The van der Waals surface area contributed by atoms with E-state index in [0.29, 0.717) is 23.6 Å². The lowest BCUT2D eigenvalue weighted by atomic mass is 9.85. The Bertz CT molecular complexity index is 797. The molecule has 1 heterocycles. The van der Waals surface area contributed by atoms with Crippen LogP contribution in [0.2, 0.25) is 5.02 Å². The molecule has 1 aliphatic carbocycles. The number of likely N-dealkylation sites (N-methyl/N-ethyl adjacent to an activating group) is 1. The first-order valence-corrected chi connectivity index (χ1v) is 9.05. The molecule has 1 saturated heterocycles. The molecule has 3 rings (SSSR count). The maximum atomic E-state index is 12.4. The first-order chi connectivity index (χ1) is 12.9. The van der Waals surface area contributed by atoms with Crippen molar-refractivity contribution in [3.05, 3.63) is 41.4 Å². The first kappa shape index (κ1) is 19.1. The lowest BCUT2D eigenvalue weighted by molar-refractivity contribution is -0.146. The number of allylic oxidation sites excluding steroid dienone is 2. The minimum atomic E-state index is -0.474. The summed E-state index contributed by atoms with van der Waals surface area (Å²) in [7, 11) is 1.45. The highest BCUT2D eigenvalue weighted by molar-refractivity contribution is 6.33. The Balaban J connectivity index is 1.56. The van der Waals surface area contributed by atoms with Crippen molar-refractivity contribution in [1.29, 1.82) is 0 Å². The van der Waals surface area contributed by atoms with Crippen molar-refractivity contribution in [3.8, 4) is 0 Å². The molecule has 1 fully saturated rings. The van der Waals surface area contributed by atoms with E-state index in [0.717, 1.165) is 4.90 Å². The maximum Gasteiger partial charge on any atom is 0.244 e. The average Bonchev–Trinajstić information content (AvgIpc) is 2.89. The molecule has 7 nitrogen and oxygen atoms in total. The molecule has 1 aliphatic heterocycles. The SMILES string of the molecule is CN(CC(=O)Nc1ccccc1Cl)C(=O)CN1C(=O)[C@H]2CC=CC[C@H]2C1=O. The average molecular weight is 390 g/mol. The van der Waals surface area contributed by atoms with E-state index in [1.807, 2.05) is 12.2 Å². The van der Waals surface area contributed by atoms with Gasteiger partial charge < -0.3 is 10.2 Å². The summed E-state index contributed by atoms with van der Waals surface area (Å²) >= 11 is 5.99. The molecule has 0 aromatic heterocycles. The zero-order chi connectivity index (χ0) is 19.6. The minimum Gasteiger partial charge on any atom is -0.335 e. The second kappa shape index (κ2) is 7.92. The highest BCUT2D eigenvalue weighted by Crippen LogP contribution is 2.34. The van der Waals surface area contributed by atoms with Crippen LogP contribution in [0.15, 0.2) is 36.4 Å². The number of carbonyl (C=O) groups excluding carboxylic acids is 4. The van der Waals surface area contributed by atoms with Gasteiger partial charge in [0.15, 0.2) is 0 Å². The van der Waals surface area contributed by atoms with E-state index >= 15 is 0 Å². The summed E-state index contributed by atoms with van der Waals surface area (Å²) in [6.45, 7) is -0.560. The van der Waals surface area contributed by atoms with E-state index in [9.17, 15) is 19.2 Å². The molecule has 142 valence electrons. The van der Waals surface area contributed by atoms with Gasteiger partial charge in [0.05, 0.1) is 29.1 Å². The number of benzene rings is 1. The van der Waals surface area contributed by atoms with Gasteiger partial charge in [0.2, 0.25) is 23.6 Å². The number of rotatable bonds is 5. The second-order valence-electron chi connectivity index (χ2n) is 6.70. The fourth-order valence-electron chi connectivity index (χ4n) is 3.34. The largest absolute Gasteiger partial charge is 0.335 e. The van der Waals surface area contributed by atoms with Crippen LogP contribution >= 0.6 is 11.6 Å². The number of anilines is 1. The summed E-state index contributed by atoms with van der Waals surface area (Å²) in [5.74, 6) is -2.25. The summed E-state index contributed by atoms with van der Waals surface area (Å²) in [6, 6.07) is 6.77. The van der Waals surface area contributed by atoms with Crippen LogP contribution in [0.1, 0.15) is 12.8 Å². The Kier molecular flexibility index (Phi) is 5.60. The predicted octanol–water partition coefficient (Wildman–Crippen LogP) is 1.69. The van der Waals surface area contributed by atoms with Crippen molar-refractivity contribution in [2.45, 2.75) is 12.8 Å². The number of halogens is 1. The van der Waals surface area contributed by atoms with Crippen molar-refractivity contribution in [2.75, 3.05) is 25.5 Å². The van der Waals surface area contributed by atoms with Gasteiger partial charge in [-0.25, -0.2) is 0 Å². The van der Waals surface area contributed by atoms with Crippen LogP contribution in [-0.4, -0.2) is 53.6 Å². The Morgan fingerprint density at radius 1 is 1.15 bits per heavy atom. The smallest absolute Gasteiger partial charge is 0.244 e. The third-order valence-corrected chi connectivity index (χ3v) is 5.18. The van der Waals surface area contributed by atoms with Gasteiger partial charge in [-0.15, -0.1) is 0 Å². The molecular weight excluding hydrogens is 370 g/mol. The van der Waals surface area contributed by atoms with Crippen LogP contribution < -0.4 is 5.32 Å². The van der Waals surface area contributed by atoms with Crippen molar-refractivity contribution in [2.24, 2.45) is 11.8 Å². The topological polar surface area (TPSA) is 86.8 Å². The maximum absolute atomic E-state index is 12.4. The number of amides is 4. The monoisotopic (exact) mass is 389 g/mol. The molecule has 27 heavy (non-hydrogen) atoms. The fraction of sp³-hybridized carbons (Fsp3) is 0.368. The zero-order valence-electron chi connectivity index (χ0n) is 14.9. The van der Waals surface area contributed by atoms with Crippen LogP contribution in [0.5, 0.6) is 0 Å². The summed E-state index contributed by atoms with van der Waals surface area (Å²) in [5.41, 5.74) is 0.450. The number of hydrogen-bond donors (Lipinski definition) is 1. The van der Waals surface area contributed by atoms with Crippen LogP contribution in [0.3, 0.4) is 0 Å². The number of para-hydroxylation sites is 1. The third kappa shape index (κ3) is 4.03. The van der Waals surface area contributed by atoms with Gasteiger partial charge in [0.25, 0.3) is 0 Å². The molecule has 1 aromatic carbocycles. The Labute approximate surface area is 161 Å². The molecule has 1 N–H and O–H groups in total. The Morgan fingerprint density at radius 2 is 1.74 bits per heavy atom. The molecule has 4 amide bonds. The molecule has 8 heteroatoms. The van der Waals surface area contributed by atoms with Gasteiger partial charge in [0.1, 0.15) is 6.54 Å². The van der Waals surface area contributed by atoms with Crippen LogP contribution in [0.25, 0.3) is 0 Å². The predicted molar refractivity (Wildman–Crippen MR) is 99.8 cm³/mol.